The fourth-order valence-electron chi connectivity index (χ4n) is 2.20. The van der Waals surface area contributed by atoms with Gasteiger partial charge in [0.15, 0.2) is 6.23 Å². The van der Waals surface area contributed by atoms with Gasteiger partial charge in [-0.25, -0.2) is 14.2 Å². The summed E-state index contributed by atoms with van der Waals surface area (Å²) in [5.41, 5.74) is 1.79. The number of nitrogens with two attached hydrogens (primary N) is 1. The van der Waals surface area contributed by atoms with Gasteiger partial charge in [-0.05, 0) is 13.8 Å². The number of nitrogens with zero attached hydrogens (tertiary/aromatic N) is 3. The average molecular weight is 298 g/mol. The summed E-state index contributed by atoms with van der Waals surface area (Å²) in [5, 5.41) is 19.6. The normalized spacial score (nSPS) is 33.3. The number of hydrogen-bond acceptors (Lipinski definition) is 7. The minimum atomic E-state index is -2.58. The SMILES string of the molecule is CC#C[C@@]1(F)C(O)[C@@H]([C@@H](C)O)O[C@H]1n1cnc(N)nc1=O. The predicted molar refractivity (Wildman–Crippen MR) is 69.6 cm³/mol. The van der Waals surface area contributed by atoms with E-state index in [9.17, 15) is 15.0 Å². The van der Waals surface area contributed by atoms with Crippen molar-refractivity contribution in [2.45, 2.75) is 44.1 Å². The Morgan fingerprint density at radius 2 is 2.33 bits per heavy atom. The second kappa shape index (κ2) is 5.40. The number of hydrogen-bond donors (Lipinski definition) is 3. The van der Waals surface area contributed by atoms with Crippen LogP contribution in [0.2, 0.25) is 0 Å². The molecule has 0 aliphatic carbocycles. The number of ether oxygens (including phenoxy) is 1. The summed E-state index contributed by atoms with van der Waals surface area (Å²) in [6, 6.07) is 0. The number of nitrogen functional groups attached to an aromatic ring is 1. The summed E-state index contributed by atoms with van der Waals surface area (Å²) >= 11 is 0. The van der Waals surface area contributed by atoms with Gasteiger partial charge >= 0.3 is 5.69 Å². The van der Waals surface area contributed by atoms with Crippen molar-refractivity contribution < 1.29 is 19.3 Å². The second-order valence-electron chi connectivity index (χ2n) is 4.69. The molecule has 0 spiro atoms. The van der Waals surface area contributed by atoms with Crippen LogP contribution in [-0.2, 0) is 4.74 Å². The molecule has 2 rings (SSSR count). The fraction of sp³-hybridized carbons (Fsp3) is 0.583. The molecule has 0 aromatic carbocycles. The third-order valence-corrected chi connectivity index (χ3v) is 3.18. The molecule has 1 aliphatic heterocycles. The van der Waals surface area contributed by atoms with E-state index in [0.717, 1.165) is 10.9 Å². The summed E-state index contributed by atoms with van der Waals surface area (Å²) in [7, 11) is 0. The van der Waals surface area contributed by atoms with E-state index in [1.807, 2.05) is 0 Å². The first-order valence-corrected chi connectivity index (χ1v) is 6.16. The molecule has 1 aromatic heterocycles. The van der Waals surface area contributed by atoms with Crippen LogP contribution in [0.4, 0.5) is 10.3 Å². The number of aromatic nitrogens is 3. The van der Waals surface area contributed by atoms with Crippen LogP contribution in [0.15, 0.2) is 11.1 Å². The molecule has 0 bridgehead atoms. The Morgan fingerprint density at radius 3 is 2.86 bits per heavy atom. The molecule has 1 saturated heterocycles. The maximum atomic E-state index is 15.0. The van der Waals surface area contributed by atoms with Gasteiger partial charge in [-0.1, -0.05) is 5.92 Å². The molecule has 1 aromatic rings. The van der Waals surface area contributed by atoms with E-state index in [2.05, 4.69) is 21.8 Å². The summed E-state index contributed by atoms with van der Waals surface area (Å²) in [4.78, 5) is 18.8. The van der Waals surface area contributed by atoms with Crippen molar-refractivity contribution in [2.24, 2.45) is 0 Å². The Morgan fingerprint density at radius 1 is 1.67 bits per heavy atom. The highest BCUT2D eigenvalue weighted by Gasteiger charge is 2.59. The van der Waals surface area contributed by atoms with Gasteiger partial charge in [0, 0.05) is 0 Å². The van der Waals surface area contributed by atoms with E-state index in [0.29, 0.717) is 0 Å². The first kappa shape index (κ1) is 15.4. The monoisotopic (exact) mass is 298 g/mol. The highest BCUT2D eigenvalue weighted by molar-refractivity contribution is 5.23. The van der Waals surface area contributed by atoms with Gasteiger partial charge in [0.05, 0.1) is 6.10 Å². The Balaban J connectivity index is 2.54. The highest BCUT2D eigenvalue weighted by atomic mass is 19.1. The van der Waals surface area contributed by atoms with Crippen molar-refractivity contribution >= 4 is 5.95 Å². The molecule has 9 heteroatoms. The summed E-state index contributed by atoms with van der Waals surface area (Å²) in [6.07, 6.45) is -4.78. The Hall–Kier alpha value is -2.02. The lowest BCUT2D eigenvalue weighted by atomic mass is 9.94. The van der Waals surface area contributed by atoms with Crippen molar-refractivity contribution in [3.8, 4) is 11.8 Å². The molecule has 4 N–H and O–H groups in total. The summed E-state index contributed by atoms with van der Waals surface area (Å²) in [6.45, 7) is 2.71. The third kappa shape index (κ3) is 2.49. The van der Waals surface area contributed by atoms with Crippen molar-refractivity contribution in [1.82, 2.24) is 14.5 Å². The van der Waals surface area contributed by atoms with Crippen LogP contribution in [0.25, 0.3) is 0 Å². The van der Waals surface area contributed by atoms with Crippen LogP contribution in [0.1, 0.15) is 20.1 Å². The van der Waals surface area contributed by atoms with Gasteiger partial charge < -0.3 is 20.7 Å². The first-order chi connectivity index (χ1) is 9.81. The Labute approximate surface area is 119 Å². The molecule has 8 nitrogen and oxygen atoms in total. The topological polar surface area (TPSA) is 123 Å². The minimum Gasteiger partial charge on any atom is -0.391 e. The average Bonchev–Trinajstić information content (AvgIpc) is 2.64. The number of aliphatic hydroxyl groups is 2. The van der Waals surface area contributed by atoms with E-state index >= 15 is 4.39 Å². The van der Waals surface area contributed by atoms with Crippen molar-refractivity contribution in [2.75, 3.05) is 5.73 Å². The third-order valence-electron chi connectivity index (χ3n) is 3.18. The van der Waals surface area contributed by atoms with Crippen molar-refractivity contribution in [1.29, 1.82) is 0 Å². The Bertz CT molecular complexity index is 653. The molecule has 5 atom stereocenters. The lowest BCUT2D eigenvalue weighted by Gasteiger charge is -2.23. The number of halogens is 1. The number of aliphatic hydroxyl groups excluding tert-OH is 2. The van der Waals surface area contributed by atoms with E-state index in [1.54, 1.807) is 0 Å². The minimum absolute atomic E-state index is 0.270. The van der Waals surface area contributed by atoms with E-state index in [-0.39, 0.29) is 5.95 Å². The highest BCUT2D eigenvalue weighted by Crippen LogP contribution is 2.41. The van der Waals surface area contributed by atoms with E-state index in [1.165, 1.54) is 13.8 Å². The summed E-state index contributed by atoms with van der Waals surface area (Å²) in [5.74, 6) is 4.27. The molecular weight excluding hydrogens is 283 g/mol. The fourth-order valence-corrected chi connectivity index (χ4v) is 2.20. The molecule has 1 aliphatic rings. The largest absolute Gasteiger partial charge is 0.391 e. The quantitative estimate of drug-likeness (QED) is 0.573. The van der Waals surface area contributed by atoms with Crippen LogP contribution in [-0.4, -0.2) is 48.7 Å². The number of rotatable bonds is 2. The molecule has 114 valence electrons. The van der Waals surface area contributed by atoms with Crippen LogP contribution in [0.3, 0.4) is 0 Å². The van der Waals surface area contributed by atoms with E-state index in [4.69, 9.17) is 10.5 Å². The van der Waals surface area contributed by atoms with Gasteiger partial charge in [0.1, 0.15) is 18.5 Å². The van der Waals surface area contributed by atoms with Gasteiger partial charge in [-0.3, -0.25) is 4.57 Å². The van der Waals surface area contributed by atoms with Crippen LogP contribution < -0.4 is 11.4 Å². The molecule has 21 heavy (non-hydrogen) atoms. The van der Waals surface area contributed by atoms with Crippen LogP contribution >= 0.6 is 0 Å². The molecule has 2 heterocycles. The zero-order valence-corrected chi connectivity index (χ0v) is 11.4. The number of anilines is 1. The van der Waals surface area contributed by atoms with Gasteiger partial charge in [0.2, 0.25) is 11.6 Å². The van der Waals surface area contributed by atoms with Gasteiger partial charge in [0.25, 0.3) is 0 Å². The van der Waals surface area contributed by atoms with Crippen LogP contribution in [0.5, 0.6) is 0 Å². The first-order valence-electron chi connectivity index (χ1n) is 6.16. The second-order valence-corrected chi connectivity index (χ2v) is 4.69. The maximum Gasteiger partial charge on any atom is 0.354 e. The molecular formula is C12H15FN4O4. The van der Waals surface area contributed by atoms with Crippen LogP contribution in [0, 0.1) is 11.8 Å². The molecule has 0 radical (unpaired) electrons. The zero-order chi connectivity index (χ0) is 15.8. The van der Waals surface area contributed by atoms with Crippen molar-refractivity contribution in [3.05, 3.63) is 16.8 Å². The lowest BCUT2D eigenvalue weighted by molar-refractivity contribution is -0.0806. The lowest BCUT2D eigenvalue weighted by Crippen LogP contribution is -2.45. The standard InChI is InChI=1S/C12H15FN4O4/c1-3-4-12(13)8(19)7(6(2)18)21-9(12)17-5-15-10(14)16-11(17)20/h5-9,18-19H,1-2H3,(H2,14,16,20)/t6-,7-,8?,9-,12-/m1/s1. The Kier molecular flexibility index (Phi) is 3.95. The summed E-state index contributed by atoms with van der Waals surface area (Å²) < 4.78 is 21.1. The predicted octanol–water partition coefficient (Wildman–Crippen LogP) is -1.41. The smallest absolute Gasteiger partial charge is 0.354 e. The molecule has 1 unspecified atom stereocenters. The molecule has 0 saturated carbocycles. The van der Waals surface area contributed by atoms with E-state index < -0.39 is 35.9 Å². The van der Waals surface area contributed by atoms with Gasteiger partial charge in [-0.2, -0.15) is 4.98 Å². The number of alkyl halides is 1. The molecule has 0 amide bonds. The molecule has 1 fully saturated rings. The van der Waals surface area contributed by atoms with Crippen molar-refractivity contribution in [3.63, 3.8) is 0 Å². The maximum absolute atomic E-state index is 15.0. The van der Waals surface area contributed by atoms with Gasteiger partial charge in [-0.15, -0.1) is 5.92 Å². The zero-order valence-electron chi connectivity index (χ0n) is 11.4.